The van der Waals surface area contributed by atoms with Gasteiger partial charge in [0, 0.05) is 42.1 Å². The summed E-state index contributed by atoms with van der Waals surface area (Å²) in [5.41, 5.74) is 1.61. The summed E-state index contributed by atoms with van der Waals surface area (Å²) in [4.78, 5) is 4.70. The number of rotatable bonds is 6. The van der Waals surface area contributed by atoms with Crippen molar-refractivity contribution in [1.29, 1.82) is 0 Å². The molecule has 2 fully saturated rings. The maximum Gasteiger partial charge on any atom is 0.130 e. The average molecular weight is 386 g/mol. The molecule has 150 valence electrons. The number of hydrogen-bond donors (Lipinski definition) is 1. The third-order valence-corrected chi connectivity index (χ3v) is 6.48. The van der Waals surface area contributed by atoms with Crippen molar-refractivity contribution in [2.45, 2.75) is 62.5 Å². The Hall–Kier alpha value is -1.85. The minimum absolute atomic E-state index is 0.00115. The van der Waals surface area contributed by atoms with E-state index in [1.54, 1.807) is 0 Å². The molecule has 0 amide bonds. The minimum Gasteiger partial charge on any atom is -0.375 e. The fourth-order valence-corrected chi connectivity index (χ4v) is 5.01. The highest BCUT2D eigenvalue weighted by molar-refractivity contribution is 5.21. The number of ether oxygens (including phenoxy) is 1. The summed E-state index contributed by atoms with van der Waals surface area (Å²) in [6, 6.07) is 9.90. The molecule has 2 heterocycles. The summed E-state index contributed by atoms with van der Waals surface area (Å²) in [6.07, 6.45) is 9.50. The molecule has 1 atom stereocenters. The van der Waals surface area contributed by atoms with Crippen LogP contribution in [0.2, 0.25) is 0 Å². The van der Waals surface area contributed by atoms with Crippen LogP contribution < -0.4 is 5.32 Å². The van der Waals surface area contributed by atoms with Gasteiger partial charge >= 0.3 is 0 Å². The van der Waals surface area contributed by atoms with Crippen LogP contribution in [0.25, 0.3) is 0 Å². The van der Waals surface area contributed by atoms with Crippen LogP contribution in [0, 0.1) is 11.6 Å². The molecule has 1 saturated carbocycles. The summed E-state index contributed by atoms with van der Waals surface area (Å²) >= 11 is 0. The lowest BCUT2D eigenvalue weighted by Gasteiger charge is -2.46. The molecule has 0 bridgehead atoms. The number of halogens is 2. The van der Waals surface area contributed by atoms with E-state index < -0.39 is 11.6 Å². The van der Waals surface area contributed by atoms with Crippen molar-refractivity contribution >= 4 is 0 Å². The monoisotopic (exact) mass is 386 g/mol. The average Bonchev–Trinajstić information content (AvgIpc) is 3.14. The molecule has 1 aromatic heterocycles. The SMILES string of the molecule is Fc1ccc(CNCC[C@@]2(c3ccccn3)CCOC3(CCCC3)C2)c(F)c1. The Balaban J connectivity index is 1.46. The van der Waals surface area contributed by atoms with Gasteiger partial charge in [0.15, 0.2) is 0 Å². The minimum atomic E-state index is -0.542. The number of nitrogens with one attached hydrogen (secondary N) is 1. The van der Waals surface area contributed by atoms with Crippen molar-refractivity contribution < 1.29 is 13.5 Å². The lowest BCUT2D eigenvalue weighted by Crippen LogP contribution is -2.47. The lowest BCUT2D eigenvalue weighted by atomic mass is 9.68. The van der Waals surface area contributed by atoms with Gasteiger partial charge in [-0.25, -0.2) is 8.78 Å². The van der Waals surface area contributed by atoms with E-state index in [2.05, 4.69) is 17.4 Å². The van der Waals surface area contributed by atoms with E-state index in [-0.39, 0.29) is 11.0 Å². The van der Waals surface area contributed by atoms with E-state index in [1.165, 1.54) is 25.0 Å². The van der Waals surface area contributed by atoms with Gasteiger partial charge in [0.1, 0.15) is 11.6 Å². The number of benzene rings is 1. The Morgan fingerprint density at radius 3 is 2.68 bits per heavy atom. The van der Waals surface area contributed by atoms with E-state index >= 15 is 0 Å². The van der Waals surface area contributed by atoms with Crippen LogP contribution in [-0.2, 0) is 16.7 Å². The van der Waals surface area contributed by atoms with E-state index in [4.69, 9.17) is 9.72 Å². The summed E-state index contributed by atoms with van der Waals surface area (Å²) in [6.45, 7) is 1.92. The highest BCUT2D eigenvalue weighted by Crippen LogP contribution is 2.49. The second kappa shape index (κ2) is 8.26. The quantitative estimate of drug-likeness (QED) is 0.717. The first-order valence-corrected chi connectivity index (χ1v) is 10.3. The van der Waals surface area contributed by atoms with Crippen LogP contribution in [0.1, 0.15) is 56.2 Å². The zero-order chi connectivity index (χ0) is 19.5. The maximum atomic E-state index is 13.9. The third kappa shape index (κ3) is 4.11. The zero-order valence-electron chi connectivity index (χ0n) is 16.2. The molecule has 1 N–H and O–H groups in total. The van der Waals surface area contributed by atoms with Gasteiger partial charge in [0.25, 0.3) is 0 Å². The smallest absolute Gasteiger partial charge is 0.130 e. The molecule has 1 saturated heterocycles. The van der Waals surface area contributed by atoms with Crippen LogP contribution in [0.5, 0.6) is 0 Å². The lowest BCUT2D eigenvalue weighted by molar-refractivity contribution is -0.104. The normalized spacial score (nSPS) is 23.9. The van der Waals surface area contributed by atoms with Crippen LogP contribution in [0.4, 0.5) is 8.78 Å². The van der Waals surface area contributed by atoms with E-state index in [0.717, 1.165) is 57.0 Å². The van der Waals surface area contributed by atoms with Gasteiger partial charge in [0.05, 0.1) is 5.60 Å². The standard InChI is InChI=1S/C23H28F2N2O/c24-19-7-6-18(20(25)15-19)16-26-13-10-22(21-5-1-4-12-27-21)11-14-28-23(17-22)8-2-3-9-23/h1,4-7,12,15,26H,2-3,8-11,13-14,16-17H2/t22-/m1/s1. The Bertz CT molecular complexity index is 792. The third-order valence-electron chi connectivity index (χ3n) is 6.48. The van der Waals surface area contributed by atoms with Crippen LogP contribution in [-0.4, -0.2) is 23.7 Å². The molecule has 1 aliphatic carbocycles. The van der Waals surface area contributed by atoms with Crippen LogP contribution in [0.15, 0.2) is 42.6 Å². The summed E-state index contributed by atoms with van der Waals surface area (Å²) in [5, 5.41) is 3.35. The van der Waals surface area contributed by atoms with Crippen LogP contribution in [0.3, 0.4) is 0 Å². The van der Waals surface area contributed by atoms with Crippen molar-refractivity contribution in [2.75, 3.05) is 13.2 Å². The molecule has 2 aliphatic rings. The van der Waals surface area contributed by atoms with E-state index in [1.807, 2.05) is 12.3 Å². The molecule has 2 aromatic rings. The number of aromatic nitrogens is 1. The molecule has 1 aliphatic heterocycles. The fourth-order valence-electron chi connectivity index (χ4n) is 5.01. The molecular weight excluding hydrogens is 358 g/mol. The molecule has 0 radical (unpaired) electrons. The van der Waals surface area contributed by atoms with Gasteiger partial charge in [0.2, 0.25) is 0 Å². The summed E-state index contributed by atoms with van der Waals surface area (Å²) < 4.78 is 33.2. The number of hydrogen-bond acceptors (Lipinski definition) is 3. The molecule has 4 rings (SSSR count). The zero-order valence-corrected chi connectivity index (χ0v) is 16.2. The highest BCUT2D eigenvalue weighted by Gasteiger charge is 2.48. The van der Waals surface area contributed by atoms with Gasteiger partial charge in [-0.2, -0.15) is 0 Å². The van der Waals surface area contributed by atoms with Gasteiger partial charge in [-0.1, -0.05) is 25.0 Å². The molecular formula is C23H28F2N2O. The topological polar surface area (TPSA) is 34.2 Å². The number of pyridine rings is 1. The first-order valence-electron chi connectivity index (χ1n) is 10.3. The number of nitrogens with zero attached hydrogens (tertiary/aromatic N) is 1. The van der Waals surface area contributed by atoms with Crippen molar-refractivity contribution in [1.82, 2.24) is 10.3 Å². The molecule has 5 heteroatoms. The second-order valence-corrected chi connectivity index (χ2v) is 8.32. The fraction of sp³-hybridized carbons (Fsp3) is 0.522. The molecule has 1 aromatic carbocycles. The van der Waals surface area contributed by atoms with Crippen molar-refractivity contribution in [3.05, 3.63) is 65.5 Å². The molecule has 28 heavy (non-hydrogen) atoms. The predicted molar refractivity (Wildman–Crippen MR) is 105 cm³/mol. The second-order valence-electron chi connectivity index (χ2n) is 8.32. The Morgan fingerprint density at radius 1 is 1.07 bits per heavy atom. The summed E-state index contributed by atoms with van der Waals surface area (Å²) in [5.74, 6) is -1.04. The van der Waals surface area contributed by atoms with Gasteiger partial charge < -0.3 is 10.1 Å². The van der Waals surface area contributed by atoms with Crippen molar-refractivity contribution in [3.8, 4) is 0 Å². The van der Waals surface area contributed by atoms with Gasteiger partial charge in [-0.05, 0) is 56.8 Å². The van der Waals surface area contributed by atoms with Gasteiger partial charge in [-0.3, -0.25) is 4.98 Å². The molecule has 1 spiro atoms. The van der Waals surface area contributed by atoms with Crippen LogP contribution >= 0.6 is 0 Å². The Morgan fingerprint density at radius 2 is 1.93 bits per heavy atom. The summed E-state index contributed by atoms with van der Waals surface area (Å²) in [7, 11) is 0. The van der Waals surface area contributed by atoms with Gasteiger partial charge in [-0.15, -0.1) is 0 Å². The highest BCUT2D eigenvalue weighted by atomic mass is 19.1. The van der Waals surface area contributed by atoms with Crippen molar-refractivity contribution in [2.24, 2.45) is 0 Å². The Labute approximate surface area is 165 Å². The van der Waals surface area contributed by atoms with Crippen molar-refractivity contribution in [3.63, 3.8) is 0 Å². The Kier molecular flexibility index (Phi) is 5.74. The molecule has 3 nitrogen and oxygen atoms in total. The maximum absolute atomic E-state index is 13.9. The largest absolute Gasteiger partial charge is 0.375 e. The predicted octanol–water partition coefficient (Wildman–Crippen LogP) is 4.90. The first-order chi connectivity index (χ1) is 13.6. The first kappa shape index (κ1) is 19.5. The van der Waals surface area contributed by atoms with E-state index in [0.29, 0.717) is 12.1 Å². The van der Waals surface area contributed by atoms with E-state index in [9.17, 15) is 8.78 Å². The molecule has 0 unspecified atom stereocenters.